The number of anilines is 1. The standard InChI is InChI=1S/C27H31F3N4O2S/c1-16-19(5-4-6-21(16)27(28,29)30)12-31-25-20-11-22(37-23(20)17(2)32-33-25)24(35)26(3)7-9-34(10-8-26)13-18-14-36-15-18/h4-6,11,18H,7-10,12-15H2,1-3H3,(H,31,33). The van der Waals surface area contributed by atoms with E-state index in [2.05, 4.69) is 27.3 Å². The molecule has 3 aromatic rings. The van der Waals surface area contributed by atoms with E-state index < -0.39 is 17.2 Å². The lowest BCUT2D eigenvalue weighted by molar-refractivity contribution is -0.138. The van der Waals surface area contributed by atoms with Crippen LogP contribution in [-0.2, 0) is 17.5 Å². The number of aromatic nitrogens is 2. The number of thiophene rings is 1. The highest BCUT2D eigenvalue weighted by Gasteiger charge is 2.39. The van der Waals surface area contributed by atoms with Crippen molar-refractivity contribution in [2.24, 2.45) is 11.3 Å². The molecule has 4 heterocycles. The Balaban J connectivity index is 1.33. The van der Waals surface area contributed by atoms with E-state index in [0.29, 0.717) is 22.2 Å². The van der Waals surface area contributed by atoms with Gasteiger partial charge in [-0.15, -0.1) is 16.4 Å². The normalized spacial score (nSPS) is 18.6. The molecule has 5 rings (SSSR count). The average molecular weight is 533 g/mol. The van der Waals surface area contributed by atoms with Crippen LogP contribution in [0.2, 0.25) is 0 Å². The van der Waals surface area contributed by atoms with E-state index in [0.717, 1.165) is 67.5 Å². The van der Waals surface area contributed by atoms with Crippen LogP contribution in [0.15, 0.2) is 24.3 Å². The molecule has 198 valence electrons. The number of alkyl halides is 3. The summed E-state index contributed by atoms with van der Waals surface area (Å²) < 4.78 is 46.1. The second-order valence-electron chi connectivity index (χ2n) is 10.5. The lowest BCUT2D eigenvalue weighted by Crippen LogP contribution is -2.47. The van der Waals surface area contributed by atoms with Crippen LogP contribution in [0.3, 0.4) is 0 Å². The zero-order chi connectivity index (χ0) is 26.4. The van der Waals surface area contributed by atoms with Crippen LogP contribution in [0.4, 0.5) is 19.0 Å². The van der Waals surface area contributed by atoms with Crippen LogP contribution in [0.5, 0.6) is 0 Å². The highest BCUT2D eigenvalue weighted by molar-refractivity contribution is 7.21. The highest BCUT2D eigenvalue weighted by atomic mass is 32.1. The molecule has 1 aromatic carbocycles. The van der Waals surface area contributed by atoms with Gasteiger partial charge in [0.05, 0.1) is 34.0 Å². The Hall–Kier alpha value is -2.56. The van der Waals surface area contributed by atoms with Crippen LogP contribution in [0.1, 0.15) is 51.8 Å². The summed E-state index contributed by atoms with van der Waals surface area (Å²) in [6, 6.07) is 6.04. The SMILES string of the molecule is Cc1c(CNc2nnc(C)c3sc(C(=O)C4(C)CCN(CC5COC5)CC4)cc23)cccc1C(F)(F)F. The molecule has 0 unspecified atom stereocenters. The van der Waals surface area contributed by atoms with Gasteiger partial charge in [0.25, 0.3) is 0 Å². The molecule has 1 N–H and O–H groups in total. The van der Waals surface area contributed by atoms with Crippen molar-refractivity contribution in [2.75, 3.05) is 38.2 Å². The molecule has 10 heteroatoms. The first-order chi connectivity index (χ1) is 17.5. The second-order valence-corrected chi connectivity index (χ2v) is 11.6. The zero-order valence-electron chi connectivity index (χ0n) is 21.2. The summed E-state index contributed by atoms with van der Waals surface area (Å²) in [4.78, 5) is 16.8. The fourth-order valence-electron chi connectivity index (χ4n) is 5.17. The summed E-state index contributed by atoms with van der Waals surface area (Å²) in [7, 11) is 0. The van der Waals surface area contributed by atoms with E-state index in [1.165, 1.54) is 24.3 Å². The number of hydrogen-bond acceptors (Lipinski definition) is 7. The summed E-state index contributed by atoms with van der Waals surface area (Å²) in [5.74, 6) is 1.21. The maximum atomic E-state index is 13.7. The van der Waals surface area contributed by atoms with Crippen molar-refractivity contribution < 1.29 is 22.7 Å². The quantitative estimate of drug-likeness (QED) is 0.384. The van der Waals surface area contributed by atoms with Gasteiger partial charge in [0.1, 0.15) is 0 Å². The number of carbonyl (C=O) groups excluding carboxylic acids is 1. The number of fused-ring (bicyclic) bond motifs is 1. The number of carbonyl (C=O) groups is 1. The predicted molar refractivity (Wildman–Crippen MR) is 138 cm³/mol. The van der Waals surface area contributed by atoms with Gasteiger partial charge < -0.3 is 15.0 Å². The molecule has 0 amide bonds. The molecule has 2 fully saturated rings. The molecule has 2 saturated heterocycles. The molecular formula is C27H31F3N4O2S. The number of halogens is 3. The molecular weight excluding hydrogens is 501 g/mol. The zero-order valence-corrected chi connectivity index (χ0v) is 22.1. The lowest BCUT2D eigenvalue weighted by Gasteiger charge is -2.40. The molecule has 2 aliphatic rings. The molecule has 2 aliphatic heterocycles. The minimum Gasteiger partial charge on any atom is -0.381 e. The number of benzene rings is 1. The van der Waals surface area contributed by atoms with Crippen molar-refractivity contribution in [3.63, 3.8) is 0 Å². The maximum Gasteiger partial charge on any atom is 0.416 e. The third kappa shape index (κ3) is 5.24. The minimum absolute atomic E-state index is 0.138. The van der Waals surface area contributed by atoms with E-state index in [9.17, 15) is 18.0 Å². The monoisotopic (exact) mass is 532 g/mol. The van der Waals surface area contributed by atoms with E-state index in [1.807, 2.05) is 13.0 Å². The van der Waals surface area contributed by atoms with Gasteiger partial charge in [0.15, 0.2) is 11.6 Å². The molecule has 2 aromatic heterocycles. The first kappa shape index (κ1) is 26.1. The average Bonchev–Trinajstić information content (AvgIpc) is 3.28. The number of ether oxygens (including phenoxy) is 1. The van der Waals surface area contributed by atoms with E-state index in [-0.39, 0.29) is 17.9 Å². The number of ketones is 1. The van der Waals surface area contributed by atoms with Gasteiger partial charge in [0.2, 0.25) is 0 Å². The van der Waals surface area contributed by atoms with Crippen LogP contribution in [-0.4, -0.2) is 53.7 Å². The van der Waals surface area contributed by atoms with Gasteiger partial charge in [0, 0.05) is 29.8 Å². The molecule has 0 aliphatic carbocycles. The van der Waals surface area contributed by atoms with Crippen molar-refractivity contribution in [2.45, 2.75) is 46.3 Å². The number of nitrogens with one attached hydrogen (secondary N) is 1. The predicted octanol–water partition coefficient (Wildman–Crippen LogP) is 5.87. The van der Waals surface area contributed by atoms with Gasteiger partial charge in [-0.1, -0.05) is 19.1 Å². The minimum atomic E-state index is -4.41. The topological polar surface area (TPSA) is 67.4 Å². The van der Waals surface area contributed by atoms with E-state index in [4.69, 9.17) is 4.74 Å². The third-order valence-electron chi connectivity index (χ3n) is 7.77. The number of rotatable bonds is 7. The Morgan fingerprint density at radius 1 is 1.22 bits per heavy atom. The fraction of sp³-hybridized carbons (Fsp3) is 0.519. The van der Waals surface area contributed by atoms with Gasteiger partial charge >= 0.3 is 6.18 Å². The smallest absolute Gasteiger partial charge is 0.381 e. The number of piperidine rings is 1. The van der Waals surface area contributed by atoms with Crippen molar-refractivity contribution in [1.82, 2.24) is 15.1 Å². The number of likely N-dealkylation sites (tertiary alicyclic amines) is 1. The number of Topliss-reactive ketones (excluding diaryl/α,β-unsaturated/α-hetero) is 1. The third-order valence-corrected chi connectivity index (χ3v) is 9.01. The lowest BCUT2D eigenvalue weighted by atomic mass is 9.76. The molecule has 6 nitrogen and oxygen atoms in total. The Morgan fingerprint density at radius 2 is 1.95 bits per heavy atom. The number of nitrogens with zero attached hydrogens (tertiary/aromatic N) is 3. The van der Waals surface area contributed by atoms with Gasteiger partial charge in [-0.3, -0.25) is 4.79 Å². The largest absolute Gasteiger partial charge is 0.416 e. The number of aryl methyl sites for hydroxylation is 1. The van der Waals surface area contributed by atoms with Gasteiger partial charge in [-0.05, 0) is 63.0 Å². The van der Waals surface area contributed by atoms with Crippen LogP contribution >= 0.6 is 11.3 Å². The van der Waals surface area contributed by atoms with E-state index >= 15 is 0 Å². The van der Waals surface area contributed by atoms with Crippen molar-refractivity contribution in [3.05, 3.63) is 51.5 Å². The van der Waals surface area contributed by atoms with Crippen molar-refractivity contribution >= 4 is 33.0 Å². The molecule has 0 atom stereocenters. The summed E-state index contributed by atoms with van der Waals surface area (Å²) in [6.07, 6.45) is -2.79. The summed E-state index contributed by atoms with van der Waals surface area (Å²) >= 11 is 1.42. The molecule has 0 spiro atoms. The van der Waals surface area contributed by atoms with Crippen LogP contribution < -0.4 is 5.32 Å². The Bertz CT molecular complexity index is 1310. The molecule has 0 radical (unpaired) electrons. The Morgan fingerprint density at radius 3 is 2.59 bits per heavy atom. The fourth-order valence-corrected chi connectivity index (χ4v) is 6.36. The maximum absolute atomic E-state index is 13.7. The van der Waals surface area contributed by atoms with E-state index in [1.54, 1.807) is 6.07 Å². The number of hydrogen-bond donors (Lipinski definition) is 1. The molecule has 37 heavy (non-hydrogen) atoms. The van der Waals surface area contributed by atoms with Gasteiger partial charge in [-0.2, -0.15) is 18.3 Å². The Kier molecular flexibility index (Phi) is 7.02. The second kappa shape index (κ2) is 9.96. The summed E-state index contributed by atoms with van der Waals surface area (Å²) in [6.45, 7) is 10.0. The first-order valence-corrected chi connectivity index (χ1v) is 13.4. The Labute approximate surface area is 218 Å². The molecule has 0 saturated carbocycles. The molecule has 0 bridgehead atoms. The highest BCUT2D eigenvalue weighted by Crippen LogP contribution is 2.40. The summed E-state index contributed by atoms with van der Waals surface area (Å²) in [5, 5.41) is 12.5. The van der Waals surface area contributed by atoms with Crippen LogP contribution in [0.25, 0.3) is 10.1 Å². The van der Waals surface area contributed by atoms with Crippen molar-refractivity contribution in [3.8, 4) is 0 Å². The van der Waals surface area contributed by atoms with Gasteiger partial charge in [-0.25, -0.2) is 0 Å². The summed E-state index contributed by atoms with van der Waals surface area (Å²) in [5.41, 5.74) is 0.372. The van der Waals surface area contributed by atoms with Crippen LogP contribution in [0, 0.1) is 25.2 Å². The van der Waals surface area contributed by atoms with Crippen molar-refractivity contribution in [1.29, 1.82) is 0 Å². The first-order valence-electron chi connectivity index (χ1n) is 12.6.